The van der Waals surface area contributed by atoms with Crippen molar-refractivity contribution in [1.82, 2.24) is 0 Å². The van der Waals surface area contributed by atoms with E-state index < -0.39 is 11.7 Å². The van der Waals surface area contributed by atoms with Crippen LogP contribution in [-0.4, -0.2) is 19.4 Å². The Morgan fingerprint density at radius 3 is 2.10 bits per heavy atom. The maximum atomic E-state index is 13.3. The minimum atomic E-state index is -4.43. The zero-order valence-electron chi connectivity index (χ0n) is 11.7. The van der Waals surface area contributed by atoms with Crippen LogP contribution in [0.4, 0.5) is 18.9 Å². The molecule has 5 heteroatoms. The topological polar surface area (TPSA) is 20.3 Å². The van der Waals surface area contributed by atoms with E-state index in [0.29, 0.717) is 31.2 Å². The summed E-state index contributed by atoms with van der Waals surface area (Å²) in [7, 11) is 0. The largest absolute Gasteiger partial charge is 0.418 e. The standard InChI is InChI=1S/C16H18F3NO/c17-16(18,19)14-7-13(10-21)5-6-15(14)20(8-11-1-2-11)9-12-3-4-12/h5-7,10-12H,1-4,8-9H2. The molecular formula is C16H18F3NO. The normalized spacial score (nSPS) is 18.6. The molecule has 0 radical (unpaired) electrons. The third-order valence-corrected chi connectivity index (χ3v) is 4.15. The van der Waals surface area contributed by atoms with E-state index in [0.717, 1.165) is 31.7 Å². The van der Waals surface area contributed by atoms with Crippen molar-refractivity contribution in [3.63, 3.8) is 0 Å². The molecule has 0 atom stereocenters. The van der Waals surface area contributed by atoms with Gasteiger partial charge in [-0.25, -0.2) is 0 Å². The smallest absolute Gasteiger partial charge is 0.370 e. The zero-order chi connectivity index (χ0) is 15.0. The van der Waals surface area contributed by atoms with E-state index in [9.17, 15) is 18.0 Å². The molecule has 2 aliphatic rings. The molecule has 0 spiro atoms. The van der Waals surface area contributed by atoms with Gasteiger partial charge in [-0.2, -0.15) is 13.2 Å². The highest BCUT2D eigenvalue weighted by atomic mass is 19.4. The van der Waals surface area contributed by atoms with Gasteiger partial charge in [0.25, 0.3) is 0 Å². The number of alkyl halides is 3. The highest BCUT2D eigenvalue weighted by Gasteiger charge is 2.37. The molecule has 114 valence electrons. The van der Waals surface area contributed by atoms with E-state index in [2.05, 4.69) is 0 Å². The van der Waals surface area contributed by atoms with Crippen LogP contribution in [0.3, 0.4) is 0 Å². The summed E-state index contributed by atoms with van der Waals surface area (Å²) in [5, 5.41) is 0. The van der Waals surface area contributed by atoms with Crippen LogP contribution in [-0.2, 0) is 6.18 Å². The molecule has 0 amide bonds. The number of carbonyl (C=O) groups excluding carboxylic acids is 1. The molecule has 1 aromatic rings. The highest BCUT2D eigenvalue weighted by molar-refractivity contribution is 5.77. The van der Waals surface area contributed by atoms with Gasteiger partial charge in [-0.05, 0) is 55.7 Å². The summed E-state index contributed by atoms with van der Waals surface area (Å²) in [6, 6.07) is 3.90. The summed E-state index contributed by atoms with van der Waals surface area (Å²) in [6.45, 7) is 1.39. The molecule has 0 aromatic heterocycles. The Labute approximate surface area is 121 Å². The number of anilines is 1. The molecular weight excluding hydrogens is 279 g/mol. The number of hydrogen-bond acceptors (Lipinski definition) is 2. The van der Waals surface area contributed by atoms with Crippen LogP contribution in [0.1, 0.15) is 41.6 Å². The number of benzene rings is 1. The number of nitrogens with zero attached hydrogens (tertiary/aromatic N) is 1. The van der Waals surface area contributed by atoms with Crippen molar-refractivity contribution in [2.45, 2.75) is 31.9 Å². The van der Waals surface area contributed by atoms with E-state index in [1.54, 1.807) is 0 Å². The summed E-state index contributed by atoms with van der Waals surface area (Å²) in [5.74, 6) is 1.05. The quantitative estimate of drug-likeness (QED) is 0.735. The summed E-state index contributed by atoms with van der Waals surface area (Å²) in [6.07, 6.45) is 0.457. The molecule has 2 saturated carbocycles. The second-order valence-corrected chi connectivity index (χ2v) is 6.18. The summed E-state index contributed by atoms with van der Waals surface area (Å²) < 4.78 is 39.9. The number of aldehydes is 1. The monoisotopic (exact) mass is 297 g/mol. The molecule has 0 aliphatic heterocycles. The maximum Gasteiger partial charge on any atom is 0.418 e. The summed E-state index contributed by atoms with van der Waals surface area (Å²) in [5.41, 5.74) is -0.385. The van der Waals surface area contributed by atoms with Crippen LogP contribution in [0, 0.1) is 11.8 Å². The van der Waals surface area contributed by atoms with Gasteiger partial charge >= 0.3 is 6.18 Å². The predicted molar refractivity (Wildman–Crippen MR) is 74.5 cm³/mol. The van der Waals surface area contributed by atoms with Crippen molar-refractivity contribution in [1.29, 1.82) is 0 Å². The third kappa shape index (κ3) is 3.57. The van der Waals surface area contributed by atoms with Crippen molar-refractivity contribution in [3.8, 4) is 0 Å². The van der Waals surface area contributed by atoms with E-state index in [1.165, 1.54) is 12.1 Å². The lowest BCUT2D eigenvalue weighted by Crippen LogP contribution is -2.30. The second-order valence-electron chi connectivity index (χ2n) is 6.18. The minimum Gasteiger partial charge on any atom is -0.370 e. The Morgan fingerprint density at radius 1 is 1.10 bits per heavy atom. The van der Waals surface area contributed by atoms with Crippen molar-refractivity contribution in [2.75, 3.05) is 18.0 Å². The van der Waals surface area contributed by atoms with Crippen molar-refractivity contribution >= 4 is 12.0 Å². The fourth-order valence-corrected chi connectivity index (χ4v) is 2.63. The Bertz CT molecular complexity index is 519. The van der Waals surface area contributed by atoms with Gasteiger partial charge in [0.2, 0.25) is 0 Å². The van der Waals surface area contributed by atoms with Crippen molar-refractivity contribution < 1.29 is 18.0 Å². The molecule has 0 unspecified atom stereocenters. The highest BCUT2D eigenvalue weighted by Crippen LogP contribution is 2.41. The molecule has 2 nitrogen and oxygen atoms in total. The van der Waals surface area contributed by atoms with Crippen LogP contribution in [0.2, 0.25) is 0 Å². The lowest BCUT2D eigenvalue weighted by atomic mass is 10.1. The van der Waals surface area contributed by atoms with Gasteiger partial charge < -0.3 is 4.90 Å². The lowest BCUT2D eigenvalue weighted by Gasteiger charge is -2.28. The molecule has 1 aromatic carbocycles. The maximum absolute atomic E-state index is 13.3. The van der Waals surface area contributed by atoms with Crippen LogP contribution < -0.4 is 4.90 Å². The van der Waals surface area contributed by atoms with Crippen LogP contribution in [0.25, 0.3) is 0 Å². The fourth-order valence-electron chi connectivity index (χ4n) is 2.63. The molecule has 0 heterocycles. The number of hydrogen-bond donors (Lipinski definition) is 0. The first-order valence-corrected chi connectivity index (χ1v) is 7.38. The van der Waals surface area contributed by atoms with Gasteiger partial charge in [0.15, 0.2) is 0 Å². The Balaban J connectivity index is 1.93. The van der Waals surface area contributed by atoms with E-state index in [-0.39, 0.29) is 11.3 Å². The predicted octanol–water partition coefficient (Wildman–Crippen LogP) is 4.14. The molecule has 21 heavy (non-hydrogen) atoms. The number of rotatable bonds is 6. The molecule has 3 rings (SSSR count). The van der Waals surface area contributed by atoms with Crippen LogP contribution in [0.15, 0.2) is 18.2 Å². The average Bonchev–Trinajstić information content (AvgIpc) is 3.31. The third-order valence-electron chi connectivity index (χ3n) is 4.15. The Hall–Kier alpha value is -1.52. The van der Waals surface area contributed by atoms with Gasteiger partial charge in [0, 0.05) is 24.3 Å². The summed E-state index contributed by atoms with van der Waals surface area (Å²) >= 11 is 0. The first-order chi connectivity index (χ1) is 9.97. The average molecular weight is 297 g/mol. The van der Waals surface area contributed by atoms with Crippen molar-refractivity contribution in [3.05, 3.63) is 29.3 Å². The number of halogens is 3. The fraction of sp³-hybridized carbons (Fsp3) is 0.562. The first-order valence-electron chi connectivity index (χ1n) is 7.38. The molecule has 0 N–H and O–H groups in total. The van der Waals surface area contributed by atoms with Crippen LogP contribution >= 0.6 is 0 Å². The molecule has 0 saturated heterocycles. The molecule has 0 bridgehead atoms. The van der Waals surface area contributed by atoms with E-state index in [1.807, 2.05) is 4.90 Å². The zero-order valence-corrected chi connectivity index (χ0v) is 11.7. The van der Waals surface area contributed by atoms with Gasteiger partial charge in [-0.15, -0.1) is 0 Å². The molecule has 2 fully saturated rings. The summed E-state index contributed by atoms with van der Waals surface area (Å²) in [4.78, 5) is 12.6. The Morgan fingerprint density at radius 2 is 1.67 bits per heavy atom. The molecule has 2 aliphatic carbocycles. The van der Waals surface area contributed by atoms with Crippen molar-refractivity contribution in [2.24, 2.45) is 11.8 Å². The van der Waals surface area contributed by atoms with Gasteiger partial charge in [-0.3, -0.25) is 4.79 Å². The van der Waals surface area contributed by atoms with Gasteiger partial charge in [0.1, 0.15) is 6.29 Å². The van der Waals surface area contributed by atoms with Gasteiger partial charge in [-0.1, -0.05) is 0 Å². The SMILES string of the molecule is O=Cc1ccc(N(CC2CC2)CC2CC2)c(C(F)(F)F)c1. The lowest BCUT2D eigenvalue weighted by molar-refractivity contribution is -0.137. The Kier molecular flexibility index (Phi) is 3.68. The van der Waals surface area contributed by atoms with Crippen LogP contribution in [0.5, 0.6) is 0 Å². The van der Waals surface area contributed by atoms with E-state index >= 15 is 0 Å². The van der Waals surface area contributed by atoms with Gasteiger partial charge in [0.05, 0.1) is 5.56 Å². The van der Waals surface area contributed by atoms with E-state index in [4.69, 9.17) is 0 Å². The number of carbonyl (C=O) groups is 1. The second kappa shape index (κ2) is 5.35. The minimum absolute atomic E-state index is 0.0730. The first kappa shape index (κ1) is 14.4.